The van der Waals surface area contributed by atoms with Crippen molar-refractivity contribution in [3.63, 3.8) is 0 Å². The Hall–Kier alpha value is -1.04. The minimum absolute atomic E-state index is 0.274. The van der Waals surface area contributed by atoms with E-state index >= 15 is 0 Å². The molecule has 0 saturated carbocycles. The summed E-state index contributed by atoms with van der Waals surface area (Å²) >= 11 is 12.7. The van der Waals surface area contributed by atoms with Gasteiger partial charge in [0.2, 0.25) is 0 Å². The molecule has 0 atom stereocenters. The van der Waals surface area contributed by atoms with Gasteiger partial charge in [-0.3, -0.25) is 4.79 Å². The van der Waals surface area contributed by atoms with Crippen LogP contribution in [-0.4, -0.2) is 5.91 Å². The molecule has 0 fully saturated rings. The van der Waals surface area contributed by atoms with Gasteiger partial charge < -0.3 is 11.1 Å². The lowest BCUT2D eigenvalue weighted by Crippen LogP contribution is -2.15. The molecule has 2 aromatic carbocycles. The average Bonchev–Trinajstić information content (AvgIpc) is 2.33. The number of amides is 1. The number of nitrogen functional groups attached to an aromatic ring is 1. The fourth-order valence-corrected chi connectivity index (χ4v) is 2.53. The molecule has 0 unspecified atom stereocenters. The Morgan fingerprint density at radius 1 is 1.21 bits per heavy atom. The number of benzene rings is 2. The second-order valence-electron chi connectivity index (χ2n) is 3.78. The van der Waals surface area contributed by atoms with Crippen molar-refractivity contribution < 1.29 is 4.79 Å². The summed E-state index contributed by atoms with van der Waals surface area (Å²) in [5.74, 6) is -0.345. The summed E-state index contributed by atoms with van der Waals surface area (Å²) in [6.07, 6.45) is 0. The Balaban J connectivity index is 2.34. The van der Waals surface area contributed by atoms with E-state index in [4.69, 9.17) is 17.3 Å². The molecule has 0 heterocycles. The summed E-state index contributed by atoms with van der Waals surface area (Å²) in [5, 5.41) is 3.09. The smallest absolute Gasteiger partial charge is 0.259 e. The molecule has 0 aliphatic rings. The molecule has 0 spiro atoms. The monoisotopic (exact) mass is 402 g/mol. The molecule has 0 radical (unpaired) electrons. The van der Waals surface area contributed by atoms with Crippen molar-refractivity contribution in [1.82, 2.24) is 0 Å². The van der Waals surface area contributed by atoms with Gasteiger partial charge in [-0.2, -0.15) is 0 Å². The zero-order valence-corrected chi connectivity index (χ0v) is 13.5. The third-order valence-corrected chi connectivity index (χ3v) is 3.95. The summed E-state index contributed by atoms with van der Waals surface area (Å²) in [7, 11) is 0. The number of halogens is 3. The Kier molecular flexibility index (Phi) is 4.50. The standard InChI is InChI=1S/C13H9Br2ClN2O/c14-7-4-5-8(15)11(6-7)18-13(19)12-9(16)2-1-3-10(12)17/h1-6H,17H2,(H,18,19). The second kappa shape index (κ2) is 5.94. The van der Waals surface area contributed by atoms with Gasteiger partial charge in [-0.05, 0) is 46.3 Å². The predicted octanol–water partition coefficient (Wildman–Crippen LogP) is 4.70. The van der Waals surface area contributed by atoms with Crippen molar-refractivity contribution in [1.29, 1.82) is 0 Å². The number of nitrogens with one attached hydrogen (secondary N) is 1. The van der Waals surface area contributed by atoms with Crippen LogP contribution in [-0.2, 0) is 0 Å². The van der Waals surface area contributed by atoms with Gasteiger partial charge in [0.25, 0.3) is 5.91 Å². The first-order valence-corrected chi connectivity index (χ1v) is 7.26. The minimum atomic E-state index is -0.345. The molecule has 2 rings (SSSR count). The molecule has 3 N–H and O–H groups in total. The summed E-state index contributed by atoms with van der Waals surface area (Å²) < 4.78 is 1.63. The molecule has 98 valence electrons. The van der Waals surface area contributed by atoms with Gasteiger partial charge in [-0.1, -0.05) is 33.6 Å². The van der Waals surface area contributed by atoms with E-state index in [-0.39, 0.29) is 11.5 Å². The van der Waals surface area contributed by atoms with Gasteiger partial charge in [0.05, 0.1) is 16.3 Å². The number of carbonyl (C=O) groups is 1. The molecular formula is C13H9Br2ClN2O. The molecule has 0 aliphatic heterocycles. The van der Waals surface area contributed by atoms with Crippen LogP contribution in [0.25, 0.3) is 0 Å². The largest absolute Gasteiger partial charge is 0.398 e. The SMILES string of the molecule is Nc1cccc(Cl)c1C(=O)Nc1cc(Br)ccc1Br. The molecule has 0 bridgehead atoms. The minimum Gasteiger partial charge on any atom is -0.398 e. The predicted molar refractivity (Wildman–Crippen MR) is 85.7 cm³/mol. The Morgan fingerprint density at radius 3 is 2.63 bits per heavy atom. The lowest BCUT2D eigenvalue weighted by Gasteiger charge is -2.10. The van der Waals surface area contributed by atoms with Crippen LogP contribution in [0.3, 0.4) is 0 Å². The summed E-state index contributed by atoms with van der Waals surface area (Å²) in [5.41, 5.74) is 7.03. The van der Waals surface area contributed by atoms with Gasteiger partial charge in [0.15, 0.2) is 0 Å². The Labute approximate surface area is 132 Å². The Morgan fingerprint density at radius 2 is 1.95 bits per heavy atom. The van der Waals surface area contributed by atoms with Gasteiger partial charge in [-0.25, -0.2) is 0 Å². The van der Waals surface area contributed by atoms with Crippen molar-refractivity contribution in [3.05, 3.63) is 55.9 Å². The first-order chi connectivity index (χ1) is 8.99. The number of anilines is 2. The van der Waals surface area contributed by atoms with Crippen LogP contribution in [0.2, 0.25) is 5.02 Å². The van der Waals surface area contributed by atoms with Crippen LogP contribution in [0, 0.1) is 0 Å². The van der Waals surface area contributed by atoms with Crippen molar-refractivity contribution >= 4 is 60.7 Å². The molecule has 6 heteroatoms. The van der Waals surface area contributed by atoms with Gasteiger partial charge in [-0.15, -0.1) is 0 Å². The van der Waals surface area contributed by atoms with Crippen molar-refractivity contribution in [2.45, 2.75) is 0 Å². The van der Waals surface area contributed by atoms with Gasteiger partial charge >= 0.3 is 0 Å². The number of nitrogens with two attached hydrogens (primary N) is 1. The molecule has 0 aromatic heterocycles. The zero-order valence-electron chi connectivity index (χ0n) is 9.58. The highest BCUT2D eigenvalue weighted by molar-refractivity contribution is 9.11. The zero-order chi connectivity index (χ0) is 14.0. The van der Waals surface area contributed by atoms with Crippen molar-refractivity contribution in [2.75, 3.05) is 11.1 Å². The maximum absolute atomic E-state index is 12.2. The average molecular weight is 404 g/mol. The highest BCUT2D eigenvalue weighted by atomic mass is 79.9. The second-order valence-corrected chi connectivity index (χ2v) is 5.96. The molecule has 3 nitrogen and oxygen atoms in total. The van der Waals surface area contributed by atoms with E-state index in [1.807, 2.05) is 12.1 Å². The van der Waals surface area contributed by atoms with Crippen LogP contribution < -0.4 is 11.1 Å². The molecule has 19 heavy (non-hydrogen) atoms. The third kappa shape index (κ3) is 3.29. The van der Waals surface area contributed by atoms with E-state index in [0.29, 0.717) is 16.4 Å². The number of rotatable bonds is 2. The van der Waals surface area contributed by atoms with E-state index in [0.717, 1.165) is 8.95 Å². The lowest BCUT2D eigenvalue weighted by atomic mass is 10.1. The molecule has 0 aliphatic carbocycles. The summed E-state index contributed by atoms with van der Waals surface area (Å²) in [6, 6.07) is 10.4. The van der Waals surface area contributed by atoms with Crippen LogP contribution >= 0.6 is 43.5 Å². The number of hydrogen-bond acceptors (Lipinski definition) is 2. The quantitative estimate of drug-likeness (QED) is 0.713. The maximum Gasteiger partial charge on any atom is 0.259 e. The van der Waals surface area contributed by atoms with Crippen LogP contribution in [0.5, 0.6) is 0 Å². The summed E-state index contributed by atoms with van der Waals surface area (Å²) in [4.78, 5) is 12.2. The molecule has 2 aromatic rings. The molecular weight excluding hydrogens is 395 g/mol. The normalized spacial score (nSPS) is 10.3. The molecule has 0 saturated heterocycles. The van der Waals surface area contributed by atoms with Gasteiger partial charge in [0.1, 0.15) is 0 Å². The van der Waals surface area contributed by atoms with Crippen molar-refractivity contribution in [3.8, 4) is 0 Å². The van der Waals surface area contributed by atoms with E-state index in [1.165, 1.54) is 0 Å². The van der Waals surface area contributed by atoms with Crippen LogP contribution in [0.15, 0.2) is 45.3 Å². The molecule has 1 amide bonds. The van der Waals surface area contributed by atoms with Crippen LogP contribution in [0.4, 0.5) is 11.4 Å². The van der Waals surface area contributed by atoms with E-state index in [9.17, 15) is 4.79 Å². The summed E-state index contributed by atoms with van der Waals surface area (Å²) in [6.45, 7) is 0. The Bertz CT molecular complexity index is 626. The van der Waals surface area contributed by atoms with Crippen molar-refractivity contribution in [2.24, 2.45) is 0 Å². The highest BCUT2D eigenvalue weighted by Gasteiger charge is 2.15. The fourth-order valence-electron chi connectivity index (χ4n) is 1.56. The van der Waals surface area contributed by atoms with E-state index in [2.05, 4.69) is 37.2 Å². The first-order valence-electron chi connectivity index (χ1n) is 5.29. The number of hydrogen-bond donors (Lipinski definition) is 2. The third-order valence-electron chi connectivity index (χ3n) is 2.45. The number of carbonyl (C=O) groups excluding carboxylic acids is 1. The first kappa shape index (κ1) is 14.4. The van der Waals surface area contributed by atoms with Gasteiger partial charge in [0, 0.05) is 14.6 Å². The van der Waals surface area contributed by atoms with E-state index < -0.39 is 0 Å². The topological polar surface area (TPSA) is 55.1 Å². The fraction of sp³-hybridized carbons (Fsp3) is 0. The lowest BCUT2D eigenvalue weighted by molar-refractivity contribution is 0.102. The van der Waals surface area contributed by atoms with Crippen LogP contribution in [0.1, 0.15) is 10.4 Å². The highest BCUT2D eigenvalue weighted by Crippen LogP contribution is 2.28. The maximum atomic E-state index is 12.2. The van der Waals surface area contributed by atoms with E-state index in [1.54, 1.807) is 24.3 Å².